The van der Waals surface area contributed by atoms with Gasteiger partial charge in [0.15, 0.2) is 0 Å². The molecule has 0 aliphatic rings. The van der Waals surface area contributed by atoms with Crippen LogP contribution in [0.4, 0.5) is 10.1 Å². The highest BCUT2D eigenvalue weighted by Crippen LogP contribution is 2.27. The summed E-state index contributed by atoms with van der Waals surface area (Å²) in [6, 6.07) is 17.6. The Kier molecular flexibility index (Phi) is 11.5. The summed E-state index contributed by atoms with van der Waals surface area (Å²) in [6.45, 7) is 9.97. The van der Waals surface area contributed by atoms with Crippen molar-refractivity contribution in [3.63, 3.8) is 0 Å². The molecule has 0 saturated carbocycles. The van der Waals surface area contributed by atoms with Crippen molar-refractivity contribution in [2.45, 2.75) is 58.5 Å². The summed E-state index contributed by atoms with van der Waals surface area (Å²) in [7, 11) is -4.30. The van der Waals surface area contributed by atoms with E-state index in [0.29, 0.717) is 25.3 Å². The second-order valence-corrected chi connectivity index (χ2v) is 12.3. The van der Waals surface area contributed by atoms with E-state index in [2.05, 4.69) is 5.32 Å². The third-order valence-electron chi connectivity index (χ3n) is 6.66. The van der Waals surface area contributed by atoms with Crippen LogP contribution in [0, 0.1) is 18.7 Å². The number of ether oxygens (including phenoxy) is 1. The van der Waals surface area contributed by atoms with Crippen LogP contribution in [0.15, 0.2) is 77.7 Å². The van der Waals surface area contributed by atoms with Gasteiger partial charge in [-0.3, -0.25) is 13.9 Å². The van der Waals surface area contributed by atoms with Crippen molar-refractivity contribution >= 4 is 27.5 Å². The average molecular weight is 598 g/mol. The number of halogens is 1. The van der Waals surface area contributed by atoms with Gasteiger partial charge < -0.3 is 15.0 Å². The van der Waals surface area contributed by atoms with E-state index in [1.54, 1.807) is 24.3 Å². The maximum absolute atomic E-state index is 14.1. The predicted octanol–water partition coefficient (Wildman–Crippen LogP) is 5.31. The van der Waals surface area contributed by atoms with Crippen molar-refractivity contribution in [1.29, 1.82) is 0 Å². The first-order valence-electron chi connectivity index (χ1n) is 14.1. The first-order chi connectivity index (χ1) is 20.0. The monoisotopic (exact) mass is 597 g/mol. The van der Waals surface area contributed by atoms with Crippen LogP contribution in [-0.2, 0) is 26.2 Å². The summed E-state index contributed by atoms with van der Waals surface area (Å²) in [5.41, 5.74) is 2.08. The van der Waals surface area contributed by atoms with Crippen molar-refractivity contribution in [1.82, 2.24) is 10.2 Å². The largest absolute Gasteiger partial charge is 0.494 e. The molecular weight excluding hydrogens is 557 g/mol. The molecule has 0 heterocycles. The van der Waals surface area contributed by atoms with Crippen molar-refractivity contribution in [3.8, 4) is 5.75 Å². The molecule has 226 valence electrons. The van der Waals surface area contributed by atoms with E-state index in [1.807, 2.05) is 58.9 Å². The lowest BCUT2D eigenvalue weighted by molar-refractivity contribution is -0.140. The first-order valence-corrected chi connectivity index (χ1v) is 15.5. The lowest BCUT2D eigenvalue weighted by Crippen LogP contribution is -2.52. The molecule has 10 heteroatoms. The maximum Gasteiger partial charge on any atom is 0.264 e. The molecule has 0 aromatic heterocycles. The summed E-state index contributed by atoms with van der Waals surface area (Å²) in [4.78, 5) is 28.6. The zero-order valence-corrected chi connectivity index (χ0v) is 25.7. The summed E-state index contributed by atoms with van der Waals surface area (Å²) in [6.07, 6.45) is 0.329. The average Bonchev–Trinajstić information content (AvgIpc) is 2.96. The number of sulfonamides is 1. The molecule has 0 aliphatic carbocycles. The van der Waals surface area contributed by atoms with Crippen LogP contribution in [0.3, 0.4) is 0 Å². The van der Waals surface area contributed by atoms with Gasteiger partial charge in [-0.1, -0.05) is 50.6 Å². The summed E-state index contributed by atoms with van der Waals surface area (Å²) in [5, 5.41) is 2.91. The molecule has 0 spiro atoms. The van der Waals surface area contributed by atoms with E-state index in [9.17, 15) is 22.4 Å². The Morgan fingerprint density at radius 2 is 1.55 bits per heavy atom. The molecule has 1 unspecified atom stereocenters. The number of carbonyl (C=O) groups is 2. The molecule has 0 radical (unpaired) electrons. The van der Waals surface area contributed by atoms with Gasteiger partial charge in [-0.25, -0.2) is 12.8 Å². The molecule has 3 aromatic carbocycles. The number of carbonyl (C=O) groups excluding carboxylic acids is 2. The molecule has 2 amide bonds. The van der Waals surface area contributed by atoms with Gasteiger partial charge in [0, 0.05) is 13.1 Å². The number of nitrogens with one attached hydrogen (secondary N) is 1. The third-order valence-corrected chi connectivity index (χ3v) is 8.45. The van der Waals surface area contributed by atoms with E-state index in [-0.39, 0.29) is 29.0 Å². The number of aryl methyl sites for hydroxylation is 1. The zero-order valence-electron chi connectivity index (χ0n) is 24.8. The number of anilines is 1. The van der Waals surface area contributed by atoms with Crippen LogP contribution in [0.2, 0.25) is 0 Å². The fourth-order valence-corrected chi connectivity index (χ4v) is 5.78. The molecule has 42 heavy (non-hydrogen) atoms. The molecule has 0 fully saturated rings. The zero-order chi connectivity index (χ0) is 30.9. The number of amides is 2. The first kappa shape index (κ1) is 32.6. The van der Waals surface area contributed by atoms with E-state index >= 15 is 0 Å². The molecule has 8 nitrogen and oxygen atoms in total. The minimum absolute atomic E-state index is 0.112. The van der Waals surface area contributed by atoms with Crippen LogP contribution in [0.25, 0.3) is 0 Å². The van der Waals surface area contributed by atoms with E-state index in [4.69, 9.17) is 4.74 Å². The van der Waals surface area contributed by atoms with Gasteiger partial charge in [0.25, 0.3) is 10.0 Å². The number of rotatable bonds is 14. The highest BCUT2D eigenvalue weighted by molar-refractivity contribution is 7.92. The minimum atomic E-state index is -4.30. The lowest BCUT2D eigenvalue weighted by Gasteiger charge is -2.33. The van der Waals surface area contributed by atoms with Crippen LogP contribution < -0.4 is 14.4 Å². The lowest BCUT2D eigenvalue weighted by atomic mass is 10.1. The molecule has 3 rings (SSSR count). The second-order valence-electron chi connectivity index (χ2n) is 10.5. The Morgan fingerprint density at radius 1 is 0.929 bits per heavy atom. The normalized spacial score (nSPS) is 12.1. The molecule has 1 N–H and O–H groups in total. The number of hydrogen-bond acceptors (Lipinski definition) is 5. The molecule has 0 aliphatic heterocycles. The van der Waals surface area contributed by atoms with E-state index in [0.717, 1.165) is 39.7 Å². The number of nitrogens with zero attached hydrogens (tertiary/aromatic N) is 2. The quantitative estimate of drug-likeness (QED) is 0.272. The van der Waals surface area contributed by atoms with Gasteiger partial charge in [0.05, 0.1) is 17.2 Å². The van der Waals surface area contributed by atoms with Crippen LogP contribution in [-0.4, -0.2) is 50.9 Å². The highest BCUT2D eigenvalue weighted by atomic mass is 32.2. The molecule has 3 aromatic rings. The van der Waals surface area contributed by atoms with Gasteiger partial charge in [-0.2, -0.15) is 0 Å². The van der Waals surface area contributed by atoms with Crippen molar-refractivity contribution in [2.75, 3.05) is 24.0 Å². The number of hydrogen-bond donors (Lipinski definition) is 1. The Hall–Kier alpha value is -3.92. The number of benzene rings is 3. The van der Waals surface area contributed by atoms with Crippen LogP contribution in [0.1, 0.15) is 45.2 Å². The smallest absolute Gasteiger partial charge is 0.264 e. The van der Waals surface area contributed by atoms with Gasteiger partial charge in [-0.05, 0) is 80.3 Å². The van der Waals surface area contributed by atoms with Crippen molar-refractivity contribution in [2.24, 2.45) is 5.92 Å². The highest BCUT2D eigenvalue weighted by Gasteiger charge is 2.33. The summed E-state index contributed by atoms with van der Waals surface area (Å²) >= 11 is 0. The fourth-order valence-electron chi connectivity index (χ4n) is 4.37. The SMILES string of the molecule is CCOc1ccc(N(CC(=O)N(Cc2ccc(C)cc2)C(CC)C(=O)NCC(C)C)S(=O)(=O)c2ccc(F)cc2)cc1. The molecular formula is C32H40FN3O5S. The topological polar surface area (TPSA) is 96.0 Å². The Balaban J connectivity index is 2.04. The maximum atomic E-state index is 14.1. The Labute approximate surface area is 248 Å². The van der Waals surface area contributed by atoms with Crippen molar-refractivity contribution < 1.29 is 27.1 Å². The molecule has 1 atom stereocenters. The van der Waals surface area contributed by atoms with Gasteiger partial charge in [0.1, 0.15) is 24.2 Å². The van der Waals surface area contributed by atoms with Gasteiger partial charge in [-0.15, -0.1) is 0 Å². The van der Waals surface area contributed by atoms with Gasteiger partial charge >= 0.3 is 0 Å². The second kappa shape index (κ2) is 14.8. The van der Waals surface area contributed by atoms with E-state index < -0.39 is 34.3 Å². The Bertz CT molecular complexity index is 1430. The fraction of sp³-hybridized carbons (Fsp3) is 0.375. The summed E-state index contributed by atoms with van der Waals surface area (Å²) in [5.74, 6) is -0.688. The third kappa shape index (κ3) is 8.55. The molecule has 0 bridgehead atoms. The standard InChI is InChI=1S/C32H40FN3O5S/c1-6-30(32(38)34-20-23(3)4)35(21-25-10-8-24(5)9-11-25)31(37)22-36(27-14-16-28(17-15-27)41-7-2)42(39,40)29-18-12-26(33)13-19-29/h8-19,23,30H,6-7,20-22H2,1-5H3,(H,34,38). The van der Waals surface area contributed by atoms with E-state index in [1.165, 1.54) is 4.90 Å². The van der Waals surface area contributed by atoms with Crippen LogP contribution in [0.5, 0.6) is 5.75 Å². The Morgan fingerprint density at radius 3 is 2.10 bits per heavy atom. The minimum Gasteiger partial charge on any atom is -0.494 e. The van der Waals surface area contributed by atoms with Gasteiger partial charge in [0.2, 0.25) is 11.8 Å². The molecule has 0 saturated heterocycles. The van der Waals surface area contributed by atoms with Crippen LogP contribution >= 0.6 is 0 Å². The van der Waals surface area contributed by atoms with Crippen molar-refractivity contribution in [3.05, 3.63) is 89.7 Å². The predicted molar refractivity (Wildman–Crippen MR) is 162 cm³/mol. The summed E-state index contributed by atoms with van der Waals surface area (Å²) < 4.78 is 47.9.